The van der Waals surface area contributed by atoms with Crippen LogP contribution in [0, 0.1) is 19.8 Å². The van der Waals surface area contributed by atoms with Crippen LogP contribution in [-0.2, 0) is 0 Å². The molecule has 5 rings (SSSR count). The lowest BCUT2D eigenvalue weighted by atomic mass is 9.91. The molecule has 2 heterocycles. The van der Waals surface area contributed by atoms with Crippen LogP contribution >= 0.6 is 0 Å². The molecule has 0 radical (unpaired) electrons. The highest BCUT2D eigenvalue weighted by Gasteiger charge is 2.35. The summed E-state index contributed by atoms with van der Waals surface area (Å²) in [5, 5.41) is 12.2. The monoisotopic (exact) mass is 473 g/mol. The van der Waals surface area contributed by atoms with Gasteiger partial charge >= 0.3 is 0 Å². The Bertz CT molecular complexity index is 1210. The van der Waals surface area contributed by atoms with Gasteiger partial charge in [0.15, 0.2) is 0 Å². The van der Waals surface area contributed by atoms with Crippen LogP contribution in [0.5, 0.6) is 5.75 Å². The first-order valence-electron chi connectivity index (χ1n) is 12.5. The number of nitrogens with one attached hydrogen (secondary N) is 1. The van der Waals surface area contributed by atoms with Gasteiger partial charge in [0.05, 0.1) is 13.1 Å². The minimum atomic E-state index is -0.538. The summed E-state index contributed by atoms with van der Waals surface area (Å²) in [4.78, 5) is 29.1. The maximum absolute atomic E-state index is 13.2. The first-order valence-corrected chi connectivity index (χ1v) is 12.5. The molecule has 182 valence electrons. The number of hydrogen-bond acceptors (Lipinski definition) is 4. The number of benzene rings is 3. The molecule has 0 unspecified atom stereocenters. The number of carbonyl (C=O) groups is 2. The van der Waals surface area contributed by atoms with Crippen LogP contribution in [0.2, 0.25) is 0 Å². The van der Waals surface area contributed by atoms with Gasteiger partial charge in [-0.25, -0.2) is 0 Å². The number of amides is 2. The Hall–Kier alpha value is -3.22. The van der Waals surface area contributed by atoms with Crippen LogP contribution in [0.1, 0.15) is 44.7 Å². The highest BCUT2D eigenvalue weighted by molar-refractivity contribution is 6.25. The van der Waals surface area contributed by atoms with Crippen LogP contribution in [-0.4, -0.2) is 60.7 Å². The minimum absolute atomic E-state index is 0.187. The summed E-state index contributed by atoms with van der Waals surface area (Å²) >= 11 is 0. The molecule has 6 nitrogen and oxygen atoms in total. The van der Waals surface area contributed by atoms with E-state index in [0.717, 1.165) is 53.6 Å². The maximum Gasteiger partial charge on any atom is 0.261 e. The van der Waals surface area contributed by atoms with Gasteiger partial charge in [-0.1, -0.05) is 36.4 Å². The number of aliphatic hydroxyl groups excluding tert-OH is 1. The lowest BCUT2D eigenvalue weighted by Crippen LogP contribution is -3.14. The van der Waals surface area contributed by atoms with Gasteiger partial charge in [-0.2, -0.15) is 0 Å². The molecule has 0 bridgehead atoms. The summed E-state index contributed by atoms with van der Waals surface area (Å²) < 4.78 is 5.87. The van der Waals surface area contributed by atoms with E-state index >= 15 is 0 Å². The van der Waals surface area contributed by atoms with Gasteiger partial charge in [0.1, 0.15) is 25.0 Å². The van der Waals surface area contributed by atoms with Crippen LogP contribution in [0.25, 0.3) is 10.8 Å². The smallest absolute Gasteiger partial charge is 0.261 e. The molecule has 1 atom stereocenters. The van der Waals surface area contributed by atoms with E-state index in [1.165, 1.54) is 9.80 Å². The normalized spacial score (nSPS) is 20.8. The van der Waals surface area contributed by atoms with Crippen LogP contribution < -0.4 is 9.64 Å². The number of carbonyl (C=O) groups excluding carboxylic acids is 2. The average Bonchev–Trinajstić information content (AvgIpc) is 2.86. The highest BCUT2D eigenvalue weighted by Crippen LogP contribution is 2.31. The highest BCUT2D eigenvalue weighted by atomic mass is 16.5. The van der Waals surface area contributed by atoms with Crippen molar-refractivity contribution in [2.45, 2.75) is 32.8 Å². The number of quaternary nitrogens is 1. The number of imide groups is 1. The van der Waals surface area contributed by atoms with E-state index in [0.29, 0.717) is 24.2 Å². The van der Waals surface area contributed by atoms with Crippen molar-refractivity contribution < 1.29 is 24.3 Å². The van der Waals surface area contributed by atoms with Crippen molar-refractivity contribution in [3.63, 3.8) is 0 Å². The topological polar surface area (TPSA) is 71.3 Å². The Balaban J connectivity index is 1.14. The maximum atomic E-state index is 13.2. The Morgan fingerprint density at radius 1 is 1.00 bits per heavy atom. The molecule has 2 amide bonds. The molecule has 2 N–H and O–H groups in total. The third kappa shape index (κ3) is 4.81. The molecule has 1 fully saturated rings. The molecule has 35 heavy (non-hydrogen) atoms. The summed E-state index contributed by atoms with van der Waals surface area (Å²) in [6.07, 6.45) is 1.30. The second kappa shape index (κ2) is 9.80. The quantitative estimate of drug-likeness (QED) is 0.518. The number of likely N-dealkylation sites (tertiary alicyclic amines) is 1. The van der Waals surface area contributed by atoms with Crippen LogP contribution in [0.3, 0.4) is 0 Å². The van der Waals surface area contributed by atoms with Crippen LogP contribution in [0.15, 0.2) is 54.6 Å². The third-order valence-electron chi connectivity index (χ3n) is 7.41. The summed E-state index contributed by atoms with van der Waals surface area (Å²) in [6.45, 7) is 7.22. The zero-order chi connectivity index (χ0) is 24.5. The Morgan fingerprint density at radius 2 is 1.66 bits per heavy atom. The minimum Gasteiger partial charge on any atom is -0.490 e. The molecule has 3 aromatic rings. The van der Waals surface area contributed by atoms with Crippen LogP contribution in [0.4, 0.5) is 0 Å². The summed E-state index contributed by atoms with van der Waals surface area (Å²) in [5.41, 5.74) is 3.44. The SMILES string of the molecule is Cc1ccc(C)c(OC[C@H](O)C[NH+]2CCC(CN3C(=O)c4cccc5cccc(c45)C3=O)CC2)c1. The van der Waals surface area contributed by atoms with Crippen molar-refractivity contribution in [1.29, 1.82) is 0 Å². The molecule has 0 aliphatic carbocycles. The fraction of sp³-hybridized carbons (Fsp3) is 0.379. The molecule has 0 spiro atoms. The van der Waals surface area contributed by atoms with Gasteiger partial charge in [-0.05, 0) is 54.5 Å². The molecule has 1 saturated heterocycles. The first-order chi connectivity index (χ1) is 16.9. The predicted molar refractivity (Wildman–Crippen MR) is 135 cm³/mol. The molecular formula is C29H33N2O4+. The summed E-state index contributed by atoms with van der Waals surface area (Å²) in [5.74, 6) is 0.728. The molecule has 3 aromatic carbocycles. The number of piperidine rings is 1. The zero-order valence-electron chi connectivity index (χ0n) is 20.4. The number of ether oxygens (including phenoxy) is 1. The van der Waals surface area contributed by atoms with Gasteiger partial charge in [-0.15, -0.1) is 0 Å². The third-order valence-corrected chi connectivity index (χ3v) is 7.41. The van der Waals surface area contributed by atoms with Crippen molar-refractivity contribution in [2.24, 2.45) is 5.92 Å². The predicted octanol–water partition coefficient (Wildman–Crippen LogP) is 2.79. The molecule has 6 heteroatoms. The van der Waals surface area contributed by atoms with Gasteiger partial charge in [-0.3, -0.25) is 14.5 Å². The molecular weight excluding hydrogens is 440 g/mol. The van der Waals surface area contributed by atoms with E-state index < -0.39 is 6.10 Å². The summed E-state index contributed by atoms with van der Waals surface area (Å²) in [6, 6.07) is 17.4. The van der Waals surface area contributed by atoms with E-state index in [2.05, 4.69) is 6.07 Å². The Labute approximate surface area is 206 Å². The van der Waals surface area contributed by atoms with Crippen molar-refractivity contribution in [1.82, 2.24) is 4.90 Å². The first kappa shape index (κ1) is 23.5. The van der Waals surface area contributed by atoms with E-state index in [1.807, 2.05) is 62.4 Å². The van der Waals surface area contributed by atoms with Crippen molar-refractivity contribution >= 4 is 22.6 Å². The molecule has 2 aliphatic heterocycles. The molecule has 0 saturated carbocycles. The fourth-order valence-corrected chi connectivity index (χ4v) is 5.42. The fourth-order valence-electron chi connectivity index (χ4n) is 5.42. The van der Waals surface area contributed by atoms with Gasteiger partial charge in [0.2, 0.25) is 0 Å². The number of aliphatic hydroxyl groups is 1. The number of nitrogens with zero attached hydrogens (tertiary/aromatic N) is 1. The molecule has 2 aliphatic rings. The van der Waals surface area contributed by atoms with E-state index in [1.54, 1.807) is 0 Å². The van der Waals surface area contributed by atoms with Crippen molar-refractivity contribution in [3.05, 3.63) is 76.9 Å². The van der Waals surface area contributed by atoms with E-state index in [-0.39, 0.29) is 24.3 Å². The molecule has 0 aromatic heterocycles. The second-order valence-corrected chi connectivity index (χ2v) is 10.1. The number of aryl methyl sites for hydroxylation is 2. The number of rotatable bonds is 7. The lowest BCUT2D eigenvalue weighted by molar-refractivity contribution is -0.909. The summed E-state index contributed by atoms with van der Waals surface area (Å²) in [7, 11) is 0. The van der Waals surface area contributed by atoms with Gasteiger partial charge in [0.25, 0.3) is 11.8 Å². The average molecular weight is 474 g/mol. The van der Waals surface area contributed by atoms with E-state index in [4.69, 9.17) is 4.74 Å². The number of hydrogen-bond donors (Lipinski definition) is 2. The lowest BCUT2D eigenvalue weighted by Gasteiger charge is -2.34. The van der Waals surface area contributed by atoms with Crippen molar-refractivity contribution in [3.8, 4) is 5.75 Å². The van der Waals surface area contributed by atoms with Crippen molar-refractivity contribution in [2.75, 3.05) is 32.8 Å². The Kier molecular flexibility index (Phi) is 6.58. The van der Waals surface area contributed by atoms with E-state index in [9.17, 15) is 14.7 Å². The standard InChI is InChI=1S/C29H32N2O4/c1-19-9-10-20(2)26(15-19)35-18-23(32)17-30-13-11-21(12-14-30)16-31-28(33)24-7-3-5-22-6-4-8-25(27(22)24)29(31)34/h3-10,15,21,23,32H,11-14,16-18H2,1-2H3/p+1/t23-/m1/s1. The van der Waals surface area contributed by atoms with Gasteiger partial charge < -0.3 is 14.7 Å². The Morgan fingerprint density at radius 3 is 2.31 bits per heavy atom. The second-order valence-electron chi connectivity index (χ2n) is 10.1. The largest absolute Gasteiger partial charge is 0.490 e. The zero-order valence-corrected chi connectivity index (χ0v) is 20.4. The van der Waals surface area contributed by atoms with Gasteiger partial charge in [0, 0.05) is 35.9 Å².